The van der Waals surface area contributed by atoms with Gasteiger partial charge in [-0.25, -0.2) is 0 Å². The number of carbonyl (C=O) groups excluding carboxylic acids is 3. The number of nitrogens with zero attached hydrogens (tertiary/aromatic N) is 2. The zero-order valence-electron chi connectivity index (χ0n) is 20.6. The van der Waals surface area contributed by atoms with Crippen LogP contribution in [0.5, 0.6) is 11.5 Å². The molecule has 8 heteroatoms. The molecule has 0 radical (unpaired) electrons. The van der Waals surface area contributed by atoms with Crippen LogP contribution in [-0.4, -0.2) is 49.8 Å². The molecule has 4 rings (SSSR count). The number of rotatable bonds is 7. The van der Waals surface area contributed by atoms with Crippen LogP contribution in [0.4, 0.5) is 5.69 Å². The Labute approximate surface area is 215 Å². The van der Waals surface area contributed by atoms with Gasteiger partial charge in [0.25, 0.3) is 0 Å². The molecule has 2 saturated heterocycles. The van der Waals surface area contributed by atoms with Crippen molar-refractivity contribution in [3.05, 3.63) is 52.0 Å². The van der Waals surface area contributed by atoms with E-state index in [-0.39, 0.29) is 17.5 Å². The lowest BCUT2D eigenvalue weighted by Crippen LogP contribution is -2.41. The van der Waals surface area contributed by atoms with E-state index in [4.69, 9.17) is 19.1 Å². The van der Waals surface area contributed by atoms with Crippen LogP contribution in [0.25, 0.3) is 0 Å². The number of likely N-dealkylation sites (tertiary alicyclic amines) is 1. The van der Waals surface area contributed by atoms with Crippen molar-refractivity contribution in [2.24, 2.45) is 5.41 Å². The molecule has 188 valence electrons. The number of benzene rings is 2. The summed E-state index contributed by atoms with van der Waals surface area (Å²) in [5.74, 6) is 1.92. The summed E-state index contributed by atoms with van der Waals surface area (Å²) < 4.78 is 12.5. The SMILES string of the molecule is CCOc1cc(CN2CCC3(CC2)CC(=O)N(c2ccc(C)cc2)C3)cc(OCC)c1Br.O=C=O. The van der Waals surface area contributed by atoms with E-state index in [9.17, 15) is 4.79 Å². The summed E-state index contributed by atoms with van der Waals surface area (Å²) in [5, 5.41) is 0. The van der Waals surface area contributed by atoms with Gasteiger partial charge in [-0.3, -0.25) is 9.69 Å². The minimum Gasteiger partial charge on any atom is -0.493 e. The van der Waals surface area contributed by atoms with Gasteiger partial charge in [0.1, 0.15) is 16.0 Å². The maximum Gasteiger partial charge on any atom is 0.373 e. The van der Waals surface area contributed by atoms with E-state index in [1.165, 1.54) is 11.1 Å². The number of carbonyl (C=O) groups is 1. The van der Waals surface area contributed by atoms with Crippen LogP contribution in [0, 0.1) is 12.3 Å². The van der Waals surface area contributed by atoms with Gasteiger partial charge in [-0.05, 0) is 97.9 Å². The molecule has 0 N–H and O–H groups in total. The van der Waals surface area contributed by atoms with Crippen molar-refractivity contribution in [3.63, 3.8) is 0 Å². The third-order valence-corrected chi connectivity index (χ3v) is 7.44. The Hall–Kier alpha value is -2.67. The number of amides is 1. The highest BCUT2D eigenvalue weighted by atomic mass is 79.9. The first-order chi connectivity index (χ1) is 16.8. The summed E-state index contributed by atoms with van der Waals surface area (Å²) in [5.41, 5.74) is 3.54. The fraction of sp³-hybridized carbons (Fsp3) is 0.481. The number of piperidine rings is 1. The Bertz CT molecular complexity index is 1020. The number of anilines is 1. The quantitative estimate of drug-likeness (QED) is 0.488. The summed E-state index contributed by atoms with van der Waals surface area (Å²) in [7, 11) is 0. The summed E-state index contributed by atoms with van der Waals surface area (Å²) >= 11 is 3.62. The van der Waals surface area contributed by atoms with Crippen LogP contribution >= 0.6 is 15.9 Å². The van der Waals surface area contributed by atoms with Crippen LogP contribution in [-0.2, 0) is 20.9 Å². The van der Waals surface area contributed by atoms with E-state index in [2.05, 4.69) is 64.2 Å². The lowest BCUT2D eigenvalue weighted by molar-refractivity contribution is -0.191. The Kier molecular flexibility index (Phi) is 9.49. The maximum absolute atomic E-state index is 12.8. The molecule has 0 unspecified atom stereocenters. The molecule has 0 atom stereocenters. The second kappa shape index (κ2) is 12.3. The van der Waals surface area contributed by atoms with Crippen molar-refractivity contribution in [1.29, 1.82) is 0 Å². The highest BCUT2D eigenvalue weighted by molar-refractivity contribution is 9.10. The van der Waals surface area contributed by atoms with Gasteiger partial charge < -0.3 is 14.4 Å². The molecule has 0 bridgehead atoms. The van der Waals surface area contributed by atoms with Crippen LogP contribution in [0.3, 0.4) is 0 Å². The lowest BCUT2D eigenvalue weighted by Gasteiger charge is -2.39. The number of aryl methyl sites for hydroxylation is 1. The molecule has 2 aliphatic heterocycles. The van der Waals surface area contributed by atoms with Gasteiger partial charge in [-0.1, -0.05) is 17.7 Å². The predicted molar refractivity (Wildman–Crippen MR) is 137 cm³/mol. The van der Waals surface area contributed by atoms with Gasteiger partial charge >= 0.3 is 6.15 Å². The molecule has 2 aromatic rings. The van der Waals surface area contributed by atoms with Crippen LogP contribution < -0.4 is 14.4 Å². The highest BCUT2D eigenvalue weighted by Crippen LogP contribution is 2.43. The zero-order valence-corrected chi connectivity index (χ0v) is 22.2. The fourth-order valence-electron chi connectivity index (χ4n) is 4.87. The molecular weight excluding hydrogens is 512 g/mol. The average Bonchev–Trinajstić information content (AvgIpc) is 3.15. The Morgan fingerprint density at radius 1 is 1.00 bits per heavy atom. The van der Waals surface area contributed by atoms with E-state index < -0.39 is 0 Å². The van der Waals surface area contributed by atoms with Crippen molar-refractivity contribution in [1.82, 2.24) is 4.90 Å². The van der Waals surface area contributed by atoms with Crippen molar-refractivity contribution >= 4 is 33.7 Å². The van der Waals surface area contributed by atoms with E-state index in [0.29, 0.717) is 19.6 Å². The fourth-order valence-corrected chi connectivity index (χ4v) is 5.33. The number of ether oxygens (including phenoxy) is 2. The van der Waals surface area contributed by atoms with Crippen molar-refractivity contribution in [2.75, 3.05) is 37.7 Å². The second-order valence-electron chi connectivity index (χ2n) is 9.12. The molecule has 2 aromatic carbocycles. The maximum atomic E-state index is 12.8. The topological polar surface area (TPSA) is 76.2 Å². The first-order valence-corrected chi connectivity index (χ1v) is 12.8. The number of hydrogen-bond donors (Lipinski definition) is 0. The Balaban J connectivity index is 0.00000108. The van der Waals surface area contributed by atoms with Crippen LogP contribution in [0.15, 0.2) is 40.9 Å². The number of hydrogen-bond acceptors (Lipinski definition) is 6. The molecule has 1 amide bonds. The van der Waals surface area contributed by atoms with E-state index in [1.54, 1.807) is 0 Å². The minimum absolute atomic E-state index is 0.102. The Morgan fingerprint density at radius 2 is 1.54 bits per heavy atom. The van der Waals surface area contributed by atoms with Gasteiger partial charge in [0.15, 0.2) is 0 Å². The monoisotopic (exact) mass is 544 g/mol. The van der Waals surface area contributed by atoms with E-state index >= 15 is 0 Å². The van der Waals surface area contributed by atoms with Crippen LogP contribution in [0.1, 0.15) is 44.2 Å². The standard InChI is InChI=1S/C26H33BrN2O3.CO2/c1-4-31-22-14-20(15-23(25(22)27)32-5-2)17-28-12-10-26(11-13-28)16-24(30)29(18-26)21-8-6-19(3)7-9-21;2-1-3/h6-9,14-15H,4-5,10-13,16-18H2,1-3H3;. The van der Waals surface area contributed by atoms with Crippen molar-refractivity contribution < 1.29 is 23.9 Å². The second-order valence-corrected chi connectivity index (χ2v) is 9.92. The van der Waals surface area contributed by atoms with Gasteiger partial charge in [-0.2, -0.15) is 9.59 Å². The van der Waals surface area contributed by atoms with Gasteiger partial charge in [-0.15, -0.1) is 0 Å². The molecule has 7 nitrogen and oxygen atoms in total. The first kappa shape index (κ1) is 26.9. The Morgan fingerprint density at radius 3 is 2.06 bits per heavy atom. The zero-order chi connectivity index (χ0) is 25.4. The number of halogens is 1. The average molecular weight is 545 g/mol. The minimum atomic E-state index is 0.102. The van der Waals surface area contributed by atoms with Crippen molar-refractivity contribution in [3.8, 4) is 11.5 Å². The normalized spacial score (nSPS) is 17.0. The van der Waals surface area contributed by atoms with Gasteiger partial charge in [0.05, 0.1) is 13.2 Å². The largest absolute Gasteiger partial charge is 0.493 e. The third-order valence-electron chi connectivity index (χ3n) is 6.65. The van der Waals surface area contributed by atoms with Gasteiger partial charge in [0, 0.05) is 25.2 Å². The molecule has 2 aliphatic rings. The van der Waals surface area contributed by atoms with E-state index in [0.717, 1.165) is 60.7 Å². The molecular formula is C27H33BrN2O5. The summed E-state index contributed by atoms with van der Waals surface area (Å²) in [4.78, 5) is 33.5. The predicted octanol–water partition coefficient (Wildman–Crippen LogP) is 4.99. The summed E-state index contributed by atoms with van der Waals surface area (Å²) in [6.07, 6.45) is 3.01. The molecule has 35 heavy (non-hydrogen) atoms. The molecule has 2 heterocycles. The van der Waals surface area contributed by atoms with Gasteiger partial charge in [0.2, 0.25) is 5.91 Å². The molecule has 0 aromatic heterocycles. The lowest BCUT2D eigenvalue weighted by atomic mass is 9.77. The van der Waals surface area contributed by atoms with E-state index in [1.807, 2.05) is 18.7 Å². The third kappa shape index (κ3) is 6.72. The molecule has 0 aliphatic carbocycles. The molecule has 2 fully saturated rings. The first-order valence-electron chi connectivity index (χ1n) is 12.0. The summed E-state index contributed by atoms with van der Waals surface area (Å²) in [6, 6.07) is 12.5. The summed E-state index contributed by atoms with van der Waals surface area (Å²) in [6.45, 7) is 11.0. The highest BCUT2D eigenvalue weighted by Gasteiger charge is 2.45. The molecule has 1 spiro atoms. The van der Waals surface area contributed by atoms with Crippen molar-refractivity contribution in [2.45, 2.75) is 46.6 Å². The molecule has 0 saturated carbocycles. The smallest absolute Gasteiger partial charge is 0.373 e. The van der Waals surface area contributed by atoms with Crippen LogP contribution in [0.2, 0.25) is 0 Å².